The molecule has 0 aliphatic heterocycles. The monoisotopic (exact) mass is 298 g/mol. The topological polar surface area (TPSA) is 25.2 Å². The van der Waals surface area contributed by atoms with Crippen LogP contribution in [0.15, 0.2) is 47.0 Å². The highest BCUT2D eigenvalue weighted by Crippen LogP contribution is 2.21. The number of aromatic nitrogens is 1. The summed E-state index contributed by atoms with van der Waals surface area (Å²) in [6, 6.07) is 10.0. The lowest BCUT2D eigenvalue weighted by molar-refractivity contribution is 0.676. The zero-order chi connectivity index (χ0) is 14.5. The fraction of sp³-hybridized carbons (Fsp3) is 0.333. The summed E-state index contributed by atoms with van der Waals surface area (Å²) in [6.07, 6.45) is 10.4. The Morgan fingerprint density at radius 2 is 2.14 bits per heavy atom. The summed E-state index contributed by atoms with van der Waals surface area (Å²) in [4.78, 5) is 8.92. The number of pyridine rings is 1. The lowest BCUT2D eigenvalue weighted by Crippen LogP contribution is -1.95. The molecule has 1 aliphatic carbocycles. The van der Waals surface area contributed by atoms with Gasteiger partial charge >= 0.3 is 0 Å². The van der Waals surface area contributed by atoms with Crippen molar-refractivity contribution < 1.29 is 0 Å². The van der Waals surface area contributed by atoms with Crippen molar-refractivity contribution in [1.82, 2.24) is 4.98 Å². The Bertz CT molecular complexity index is 689. The third kappa shape index (κ3) is 3.70. The molecule has 0 bridgehead atoms. The molecule has 3 heteroatoms. The molecule has 108 valence electrons. The molecule has 0 N–H and O–H groups in total. The van der Waals surface area contributed by atoms with Gasteiger partial charge in [0.1, 0.15) is 5.15 Å². The average molecular weight is 299 g/mol. The standard InChI is InChI=1S/C18H19ClN2/c19-18-16(12-15-8-4-5-9-17(15)21-18)13-20-11-10-14-6-2-1-3-7-14/h4-6,8-9,12-13H,1-3,7,10-11H2. The van der Waals surface area contributed by atoms with E-state index >= 15 is 0 Å². The normalized spacial score (nSPS) is 15.6. The summed E-state index contributed by atoms with van der Waals surface area (Å²) in [5.74, 6) is 0. The lowest BCUT2D eigenvalue weighted by atomic mass is 9.97. The maximum Gasteiger partial charge on any atom is 0.138 e. The molecule has 0 saturated carbocycles. The molecule has 2 aromatic rings. The Labute approximate surface area is 130 Å². The Hall–Kier alpha value is -1.67. The van der Waals surface area contributed by atoms with Gasteiger partial charge in [-0.3, -0.25) is 4.99 Å². The number of nitrogens with zero attached hydrogens (tertiary/aromatic N) is 2. The number of hydrogen-bond donors (Lipinski definition) is 0. The predicted octanol–water partition coefficient (Wildman–Crippen LogP) is 5.20. The number of fused-ring (bicyclic) bond motifs is 1. The van der Waals surface area contributed by atoms with E-state index < -0.39 is 0 Å². The SMILES string of the molecule is Clc1nc2ccccc2cc1C=NCCC1=CCCCC1. The van der Waals surface area contributed by atoms with Crippen LogP contribution in [0.1, 0.15) is 37.7 Å². The van der Waals surface area contributed by atoms with Crippen molar-refractivity contribution in [1.29, 1.82) is 0 Å². The second kappa shape index (κ2) is 6.86. The van der Waals surface area contributed by atoms with Gasteiger partial charge in [-0.05, 0) is 44.2 Å². The number of benzene rings is 1. The summed E-state index contributed by atoms with van der Waals surface area (Å²) in [5, 5.41) is 1.62. The Morgan fingerprint density at radius 1 is 1.24 bits per heavy atom. The molecule has 3 rings (SSSR count). The molecular formula is C18H19ClN2. The Morgan fingerprint density at radius 3 is 3.00 bits per heavy atom. The van der Waals surface area contributed by atoms with E-state index in [9.17, 15) is 0 Å². The van der Waals surface area contributed by atoms with Crippen LogP contribution in [-0.2, 0) is 0 Å². The highest BCUT2D eigenvalue weighted by molar-refractivity contribution is 6.32. The quantitative estimate of drug-likeness (QED) is 0.433. The van der Waals surface area contributed by atoms with Gasteiger partial charge in [0.05, 0.1) is 5.52 Å². The minimum absolute atomic E-state index is 0.523. The number of hydrogen-bond acceptors (Lipinski definition) is 2. The molecule has 0 fully saturated rings. The van der Waals surface area contributed by atoms with Gasteiger partial charge in [0, 0.05) is 23.7 Å². The van der Waals surface area contributed by atoms with Gasteiger partial charge in [-0.15, -0.1) is 0 Å². The van der Waals surface area contributed by atoms with E-state index in [1.54, 1.807) is 5.57 Å². The molecule has 1 aliphatic rings. The van der Waals surface area contributed by atoms with Crippen LogP contribution in [0.25, 0.3) is 10.9 Å². The van der Waals surface area contributed by atoms with Gasteiger partial charge in [0.2, 0.25) is 0 Å². The fourth-order valence-electron chi connectivity index (χ4n) is 2.70. The zero-order valence-corrected chi connectivity index (χ0v) is 12.8. The van der Waals surface area contributed by atoms with Gasteiger partial charge in [0.15, 0.2) is 0 Å². The maximum absolute atomic E-state index is 6.22. The number of halogens is 1. The number of aliphatic imine (C=N–C) groups is 1. The molecule has 1 heterocycles. The summed E-state index contributed by atoms with van der Waals surface area (Å²) in [6.45, 7) is 0.828. The molecule has 0 amide bonds. The Kier molecular flexibility index (Phi) is 4.66. The van der Waals surface area contributed by atoms with Crippen molar-refractivity contribution in [3.05, 3.63) is 52.7 Å². The third-order valence-corrected chi connectivity index (χ3v) is 4.18. The molecule has 0 unspecified atom stereocenters. The summed E-state index contributed by atoms with van der Waals surface area (Å²) in [7, 11) is 0. The molecule has 0 atom stereocenters. The molecule has 2 nitrogen and oxygen atoms in total. The van der Waals surface area contributed by atoms with Crippen molar-refractivity contribution in [2.45, 2.75) is 32.1 Å². The van der Waals surface area contributed by atoms with Crippen LogP contribution in [0, 0.1) is 0 Å². The van der Waals surface area contributed by atoms with E-state index in [0.717, 1.165) is 29.4 Å². The lowest BCUT2D eigenvalue weighted by Gasteiger charge is -2.10. The molecule has 0 spiro atoms. The van der Waals surface area contributed by atoms with Crippen LogP contribution in [0.4, 0.5) is 0 Å². The van der Waals surface area contributed by atoms with Crippen LogP contribution in [0.3, 0.4) is 0 Å². The fourth-order valence-corrected chi connectivity index (χ4v) is 2.90. The molecule has 1 aromatic heterocycles. The molecule has 0 saturated heterocycles. The van der Waals surface area contributed by atoms with E-state index in [-0.39, 0.29) is 0 Å². The second-order valence-corrected chi connectivity index (χ2v) is 5.81. The van der Waals surface area contributed by atoms with Crippen LogP contribution >= 0.6 is 11.6 Å². The summed E-state index contributed by atoms with van der Waals surface area (Å²) >= 11 is 6.22. The number of para-hydroxylation sites is 1. The van der Waals surface area contributed by atoms with Gasteiger partial charge in [-0.25, -0.2) is 4.98 Å². The minimum Gasteiger partial charge on any atom is -0.292 e. The minimum atomic E-state index is 0.523. The van der Waals surface area contributed by atoms with E-state index in [1.807, 2.05) is 36.5 Å². The van der Waals surface area contributed by atoms with E-state index in [2.05, 4.69) is 16.1 Å². The highest BCUT2D eigenvalue weighted by atomic mass is 35.5. The largest absolute Gasteiger partial charge is 0.292 e. The third-order valence-electron chi connectivity index (χ3n) is 3.88. The first-order valence-corrected chi connectivity index (χ1v) is 7.94. The number of rotatable bonds is 4. The van der Waals surface area contributed by atoms with Gasteiger partial charge in [0.25, 0.3) is 0 Å². The first-order chi connectivity index (χ1) is 10.3. The molecular weight excluding hydrogens is 280 g/mol. The average Bonchev–Trinajstić information content (AvgIpc) is 2.53. The predicted molar refractivity (Wildman–Crippen MR) is 90.4 cm³/mol. The highest BCUT2D eigenvalue weighted by Gasteiger charge is 2.04. The van der Waals surface area contributed by atoms with E-state index in [1.165, 1.54) is 25.7 Å². The van der Waals surface area contributed by atoms with Gasteiger partial charge in [-0.1, -0.05) is 41.4 Å². The maximum atomic E-state index is 6.22. The molecule has 21 heavy (non-hydrogen) atoms. The van der Waals surface area contributed by atoms with Crippen molar-refractivity contribution in [2.75, 3.05) is 6.54 Å². The van der Waals surface area contributed by atoms with Gasteiger partial charge in [-0.2, -0.15) is 0 Å². The zero-order valence-electron chi connectivity index (χ0n) is 12.1. The van der Waals surface area contributed by atoms with Crippen LogP contribution in [-0.4, -0.2) is 17.7 Å². The first-order valence-electron chi connectivity index (χ1n) is 7.56. The molecule has 0 radical (unpaired) electrons. The van der Waals surface area contributed by atoms with Crippen LogP contribution in [0.5, 0.6) is 0 Å². The summed E-state index contributed by atoms with van der Waals surface area (Å²) < 4.78 is 0. The van der Waals surface area contributed by atoms with Crippen LogP contribution < -0.4 is 0 Å². The van der Waals surface area contributed by atoms with Crippen molar-refractivity contribution in [3.8, 4) is 0 Å². The summed E-state index contributed by atoms with van der Waals surface area (Å²) in [5.41, 5.74) is 3.38. The van der Waals surface area contributed by atoms with Crippen molar-refractivity contribution in [2.24, 2.45) is 4.99 Å². The smallest absolute Gasteiger partial charge is 0.138 e. The number of allylic oxidation sites excluding steroid dienone is 1. The van der Waals surface area contributed by atoms with Crippen molar-refractivity contribution >= 4 is 28.7 Å². The van der Waals surface area contributed by atoms with E-state index in [0.29, 0.717) is 5.15 Å². The van der Waals surface area contributed by atoms with Crippen molar-refractivity contribution in [3.63, 3.8) is 0 Å². The van der Waals surface area contributed by atoms with Crippen LogP contribution in [0.2, 0.25) is 5.15 Å². The second-order valence-electron chi connectivity index (χ2n) is 5.45. The van der Waals surface area contributed by atoms with E-state index in [4.69, 9.17) is 11.6 Å². The Balaban J connectivity index is 1.67. The van der Waals surface area contributed by atoms with Gasteiger partial charge < -0.3 is 0 Å². The first kappa shape index (κ1) is 14.3. The molecule has 1 aromatic carbocycles.